The topological polar surface area (TPSA) is 97.2 Å². The van der Waals surface area contributed by atoms with Gasteiger partial charge in [-0.15, -0.1) is 0 Å². The zero-order valence-corrected chi connectivity index (χ0v) is 20.0. The number of carbonyl (C=O) groups excluding carboxylic acids is 1. The number of rotatable bonds is 6. The molecule has 35 heavy (non-hydrogen) atoms. The van der Waals surface area contributed by atoms with Crippen LogP contribution in [0.25, 0.3) is 21.9 Å². The molecule has 6 rings (SSSR count). The van der Waals surface area contributed by atoms with E-state index < -0.39 is 0 Å². The normalized spacial score (nSPS) is 16.6. The summed E-state index contributed by atoms with van der Waals surface area (Å²) in [6.07, 6.45) is 4.15. The zero-order chi connectivity index (χ0) is 23.9. The molecule has 2 aliphatic rings. The molecule has 0 spiro atoms. The van der Waals surface area contributed by atoms with Gasteiger partial charge in [0.2, 0.25) is 11.9 Å². The van der Waals surface area contributed by atoms with Gasteiger partial charge in [0, 0.05) is 43.3 Å². The molecule has 2 fully saturated rings. The van der Waals surface area contributed by atoms with Gasteiger partial charge in [-0.1, -0.05) is 18.2 Å². The second-order valence-corrected chi connectivity index (χ2v) is 9.46. The third-order valence-electron chi connectivity index (χ3n) is 6.78. The molecule has 180 valence electrons. The molecule has 2 aromatic carbocycles. The maximum atomic E-state index is 12.9. The van der Waals surface area contributed by atoms with E-state index in [9.17, 15) is 4.79 Å². The molecule has 2 aromatic heterocycles. The molecule has 1 aliphatic carbocycles. The fourth-order valence-corrected chi connectivity index (χ4v) is 4.72. The number of benzene rings is 2. The molecule has 0 unspecified atom stereocenters. The van der Waals surface area contributed by atoms with Gasteiger partial charge in [0.1, 0.15) is 11.3 Å². The summed E-state index contributed by atoms with van der Waals surface area (Å²) in [6.45, 7) is 5.22. The van der Waals surface area contributed by atoms with Gasteiger partial charge < -0.3 is 19.9 Å². The monoisotopic (exact) mass is 471 g/mol. The van der Waals surface area contributed by atoms with Crippen LogP contribution in [0.1, 0.15) is 30.1 Å². The second kappa shape index (κ2) is 8.90. The van der Waals surface area contributed by atoms with Crippen molar-refractivity contribution in [3.05, 3.63) is 47.9 Å². The quantitative estimate of drug-likeness (QED) is 0.442. The van der Waals surface area contributed by atoms with E-state index in [-0.39, 0.29) is 5.91 Å². The number of nitrogens with zero attached hydrogens (tertiary/aromatic N) is 5. The second-order valence-electron chi connectivity index (χ2n) is 9.46. The van der Waals surface area contributed by atoms with E-state index in [1.54, 1.807) is 0 Å². The third kappa shape index (κ3) is 4.44. The summed E-state index contributed by atoms with van der Waals surface area (Å²) >= 11 is 0. The minimum atomic E-state index is -0.0541. The Balaban J connectivity index is 1.34. The van der Waals surface area contributed by atoms with Crippen LogP contribution in [0.15, 0.2) is 36.5 Å². The summed E-state index contributed by atoms with van der Waals surface area (Å²) in [7, 11) is 2.04. The van der Waals surface area contributed by atoms with Crippen LogP contribution in [0.3, 0.4) is 0 Å². The Labute approximate surface area is 203 Å². The van der Waals surface area contributed by atoms with E-state index in [1.807, 2.05) is 44.4 Å². The molecule has 1 aliphatic heterocycles. The van der Waals surface area contributed by atoms with E-state index in [1.165, 1.54) is 0 Å². The first kappa shape index (κ1) is 21.9. The average molecular weight is 472 g/mol. The summed E-state index contributed by atoms with van der Waals surface area (Å²) in [4.78, 5) is 29.2. The minimum Gasteiger partial charge on any atom is -0.379 e. The molecule has 4 aromatic rings. The molecule has 1 amide bonds. The molecule has 1 saturated heterocycles. The van der Waals surface area contributed by atoms with Crippen LogP contribution in [0.2, 0.25) is 0 Å². The van der Waals surface area contributed by atoms with Crippen LogP contribution in [-0.4, -0.2) is 63.2 Å². The van der Waals surface area contributed by atoms with Gasteiger partial charge in [-0.25, -0.2) is 15.0 Å². The molecule has 0 bridgehead atoms. The van der Waals surface area contributed by atoms with Crippen LogP contribution >= 0.6 is 0 Å². The fourth-order valence-electron chi connectivity index (χ4n) is 4.72. The van der Waals surface area contributed by atoms with Crippen LogP contribution in [-0.2, 0) is 16.6 Å². The van der Waals surface area contributed by atoms with Crippen molar-refractivity contribution in [2.75, 3.05) is 43.5 Å². The van der Waals surface area contributed by atoms with Crippen LogP contribution in [0, 0.1) is 6.92 Å². The van der Waals surface area contributed by atoms with Crippen molar-refractivity contribution < 1.29 is 9.53 Å². The van der Waals surface area contributed by atoms with Gasteiger partial charge in [0.15, 0.2) is 0 Å². The van der Waals surface area contributed by atoms with Crippen molar-refractivity contribution in [2.24, 2.45) is 7.05 Å². The van der Waals surface area contributed by atoms with Crippen molar-refractivity contribution in [3.63, 3.8) is 0 Å². The highest BCUT2D eigenvalue weighted by Gasteiger charge is 2.29. The van der Waals surface area contributed by atoms with Gasteiger partial charge >= 0.3 is 0 Å². The highest BCUT2D eigenvalue weighted by molar-refractivity contribution is 6.02. The molecule has 0 radical (unpaired) electrons. The molecular formula is C26H29N7O2. The van der Waals surface area contributed by atoms with Gasteiger partial charge in [-0.3, -0.25) is 9.69 Å². The number of aromatic nitrogens is 4. The predicted molar refractivity (Wildman–Crippen MR) is 136 cm³/mol. The number of para-hydroxylation sites is 1. The Hall–Kier alpha value is -3.56. The van der Waals surface area contributed by atoms with Crippen molar-refractivity contribution in [1.82, 2.24) is 24.4 Å². The number of carbonyl (C=O) groups is 1. The highest BCUT2D eigenvalue weighted by atomic mass is 16.5. The standard InChI is InChI=1S/C26H29N7O2/c1-16-4-3-5-18-14-27-26(31-23(16)18)28-19-12-20(29-22(34)15-33-8-10-35-11-9-33)24-21(13-19)32(2)25(30-24)17-6-7-17/h3-5,12-14,17H,6-11,15H2,1-2H3,(H,29,34)(H,27,28,31). The van der Waals surface area contributed by atoms with E-state index in [2.05, 4.69) is 31.2 Å². The maximum absolute atomic E-state index is 12.9. The van der Waals surface area contributed by atoms with E-state index in [0.29, 0.717) is 37.3 Å². The summed E-state index contributed by atoms with van der Waals surface area (Å²) in [5.74, 6) is 2.02. The molecule has 2 N–H and O–H groups in total. The van der Waals surface area contributed by atoms with Crippen LogP contribution < -0.4 is 10.6 Å². The van der Waals surface area contributed by atoms with Crippen LogP contribution in [0.5, 0.6) is 0 Å². The van der Waals surface area contributed by atoms with Gasteiger partial charge in [-0.2, -0.15) is 0 Å². The SMILES string of the molecule is Cc1cccc2cnc(Nc3cc(NC(=O)CN4CCOCC4)c4nc(C5CC5)n(C)c4c3)nc12. The van der Waals surface area contributed by atoms with E-state index in [0.717, 1.165) is 64.9 Å². The molecule has 9 heteroatoms. The summed E-state index contributed by atoms with van der Waals surface area (Å²) in [5.41, 5.74) is 5.29. The molecule has 0 atom stereocenters. The first-order chi connectivity index (χ1) is 17.0. The van der Waals surface area contributed by atoms with E-state index >= 15 is 0 Å². The number of ether oxygens (including phenoxy) is 1. The van der Waals surface area contributed by atoms with Crippen molar-refractivity contribution >= 4 is 45.2 Å². The number of imidazole rings is 1. The molecule has 9 nitrogen and oxygen atoms in total. The summed E-state index contributed by atoms with van der Waals surface area (Å²) in [5, 5.41) is 7.47. The van der Waals surface area contributed by atoms with Crippen molar-refractivity contribution in [3.8, 4) is 0 Å². The lowest BCUT2D eigenvalue weighted by Crippen LogP contribution is -2.41. The lowest BCUT2D eigenvalue weighted by molar-refractivity contribution is -0.118. The number of anilines is 3. The Bertz CT molecular complexity index is 1420. The lowest BCUT2D eigenvalue weighted by atomic mass is 10.1. The van der Waals surface area contributed by atoms with Gasteiger partial charge in [0.25, 0.3) is 0 Å². The number of hydrogen-bond acceptors (Lipinski definition) is 7. The molecule has 3 heterocycles. The Morgan fingerprint density at radius 2 is 1.97 bits per heavy atom. The number of amides is 1. The fraction of sp³-hybridized carbons (Fsp3) is 0.385. The number of hydrogen-bond donors (Lipinski definition) is 2. The minimum absolute atomic E-state index is 0.0541. The predicted octanol–water partition coefficient (Wildman–Crippen LogP) is 3.72. The first-order valence-corrected chi connectivity index (χ1v) is 12.1. The van der Waals surface area contributed by atoms with Crippen molar-refractivity contribution in [2.45, 2.75) is 25.7 Å². The summed E-state index contributed by atoms with van der Waals surface area (Å²) < 4.78 is 7.54. The number of aryl methyl sites for hydroxylation is 2. The molecule has 1 saturated carbocycles. The van der Waals surface area contributed by atoms with Crippen molar-refractivity contribution in [1.29, 1.82) is 0 Å². The summed E-state index contributed by atoms with van der Waals surface area (Å²) in [6, 6.07) is 10.0. The Kier molecular flexibility index (Phi) is 5.58. The molecular weight excluding hydrogens is 442 g/mol. The largest absolute Gasteiger partial charge is 0.379 e. The van der Waals surface area contributed by atoms with Crippen LogP contribution in [0.4, 0.5) is 17.3 Å². The number of morpholine rings is 1. The number of nitrogens with one attached hydrogen (secondary N) is 2. The van der Waals surface area contributed by atoms with Gasteiger partial charge in [-0.05, 0) is 37.5 Å². The Morgan fingerprint density at radius 3 is 2.77 bits per heavy atom. The average Bonchev–Trinajstić information content (AvgIpc) is 3.64. The Morgan fingerprint density at radius 1 is 1.14 bits per heavy atom. The third-order valence-corrected chi connectivity index (χ3v) is 6.78. The van der Waals surface area contributed by atoms with Gasteiger partial charge in [0.05, 0.1) is 36.5 Å². The number of fused-ring (bicyclic) bond motifs is 2. The first-order valence-electron chi connectivity index (χ1n) is 12.1. The lowest BCUT2D eigenvalue weighted by Gasteiger charge is -2.25. The highest BCUT2D eigenvalue weighted by Crippen LogP contribution is 2.41. The maximum Gasteiger partial charge on any atom is 0.238 e. The smallest absolute Gasteiger partial charge is 0.238 e. The zero-order valence-electron chi connectivity index (χ0n) is 20.0. The van der Waals surface area contributed by atoms with E-state index in [4.69, 9.17) is 14.7 Å².